The van der Waals surface area contributed by atoms with Crippen LogP contribution in [0.4, 0.5) is 5.13 Å². The number of nitrogens with one attached hydrogen (secondary N) is 1. The van der Waals surface area contributed by atoms with Crippen molar-refractivity contribution in [2.24, 2.45) is 0 Å². The van der Waals surface area contributed by atoms with Gasteiger partial charge in [-0.1, -0.05) is 47.2 Å². The van der Waals surface area contributed by atoms with E-state index in [2.05, 4.69) is 10.3 Å². The number of Topliss-reactive ketones (excluding diaryl/α,β-unsaturated/α-hetero) is 1. The Morgan fingerprint density at radius 2 is 1.81 bits per heavy atom. The van der Waals surface area contributed by atoms with Gasteiger partial charge in [0.05, 0.1) is 10.6 Å². The Morgan fingerprint density at radius 1 is 1.14 bits per heavy atom. The fraction of sp³-hybridized carbons (Fsp3) is 0.188. The van der Waals surface area contributed by atoms with Gasteiger partial charge in [0.15, 0.2) is 10.9 Å². The Labute approximate surface area is 127 Å². The number of aromatic nitrogens is 1. The smallest absolute Gasteiger partial charge is 0.250 e. The molecule has 21 heavy (non-hydrogen) atoms. The molecule has 0 fully saturated rings. The van der Waals surface area contributed by atoms with Crippen LogP contribution in [0.15, 0.2) is 42.0 Å². The highest BCUT2D eigenvalue weighted by molar-refractivity contribution is 7.18. The number of hydrogen-bond acceptors (Lipinski definition) is 4. The number of ketones is 1. The van der Waals surface area contributed by atoms with Gasteiger partial charge in [0.1, 0.15) is 0 Å². The minimum atomic E-state index is -0.238. The second-order valence-electron chi connectivity index (χ2n) is 4.83. The molecule has 5 heteroatoms. The molecule has 0 aliphatic heterocycles. The first-order valence-electron chi connectivity index (χ1n) is 6.50. The van der Waals surface area contributed by atoms with Crippen LogP contribution in [0.3, 0.4) is 0 Å². The van der Waals surface area contributed by atoms with E-state index in [1.807, 2.05) is 44.2 Å². The molecule has 0 saturated heterocycles. The molecule has 1 heterocycles. The topological polar surface area (TPSA) is 59.1 Å². The van der Waals surface area contributed by atoms with Gasteiger partial charge in [-0.15, -0.1) is 0 Å². The quantitative estimate of drug-likeness (QED) is 0.687. The van der Waals surface area contributed by atoms with E-state index in [1.165, 1.54) is 24.3 Å². The molecule has 0 saturated carbocycles. The second kappa shape index (κ2) is 6.45. The van der Waals surface area contributed by atoms with Gasteiger partial charge < -0.3 is 0 Å². The van der Waals surface area contributed by atoms with E-state index in [0.717, 1.165) is 11.1 Å². The highest BCUT2D eigenvalue weighted by atomic mass is 32.1. The molecule has 4 nitrogen and oxygen atoms in total. The molecule has 1 aromatic carbocycles. The molecule has 1 N–H and O–H groups in total. The van der Waals surface area contributed by atoms with Gasteiger partial charge in [0, 0.05) is 18.6 Å². The fourth-order valence-corrected chi connectivity index (χ4v) is 2.69. The van der Waals surface area contributed by atoms with Gasteiger partial charge in [-0.25, -0.2) is 4.98 Å². The molecule has 0 atom stereocenters. The third kappa shape index (κ3) is 3.86. The average Bonchev–Trinajstić information content (AvgIpc) is 2.82. The lowest BCUT2D eigenvalue weighted by atomic mass is 10.1. The fourth-order valence-electron chi connectivity index (χ4n) is 1.81. The summed E-state index contributed by atoms with van der Waals surface area (Å²) in [6.07, 6.45) is 1.50. The number of allylic oxidation sites excluding steroid dienone is 1. The summed E-state index contributed by atoms with van der Waals surface area (Å²) in [7, 11) is 0. The first-order valence-corrected chi connectivity index (χ1v) is 7.32. The summed E-state index contributed by atoms with van der Waals surface area (Å²) in [5, 5.41) is 3.13. The van der Waals surface area contributed by atoms with Gasteiger partial charge in [-0.2, -0.15) is 0 Å². The Morgan fingerprint density at radius 3 is 2.38 bits per heavy atom. The Kier molecular flexibility index (Phi) is 4.65. The van der Waals surface area contributed by atoms with Crippen LogP contribution in [-0.2, 0) is 4.79 Å². The second-order valence-corrected chi connectivity index (χ2v) is 5.83. The first-order chi connectivity index (χ1) is 9.97. The lowest BCUT2D eigenvalue weighted by molar-refractivity contribution is -0.111. The van der Waals surface area contributed by atoms with Crippen molar-refractivity contribution < 1.29 is 9.59 Å². The number of rotatable bonds is 4. The van der Waals surface area contributed by atoms with E-state index >= 15 is 0 Å². The number of thiazole rings is 1. The summed E-state index contributed by atoms with van der Waals surface area (Å²) in [5.74, 6) is -0.299. The van der Waals surface area contributed by atoms with Gasteiger partial charge in [0.25, 0.3) is 0 Å². The number of anilines is 1. The van der Waals surface area contributed by atoms with Crippen LogP contribution in [0.5, 0.6) is 0 Å². The molecular weight excluding hydrogens is 284 g/mol. The van der Waals surface area contributed by atoms with E-state index in [1.54, 1.807) is 0 Å². The Bertz CT molecular complexity index is 698. The van der Waals surface area contributed by atoms with E-state index < -0.39 is 0 Å². The van der Waals surface area contributed by atoms with Crippen molar-refractivity contribution in [2.45, 2.75) is 20.8 Å². The van der Waals surface area contributed by atoms with Crippen molar-refractivity contribution in [3.63, 3.8) is 0 Å². The van der Waals surface area contributed by atoms with Crippen LogP contribution in [-0.4, -0.2) is 16.7 Å². The number of amides is 1. The van der Waals surface area contributed by atoms with Crippen molar-refractivity contribution in [2.75, 3.05) is 5.32 Å². The third-order valence-electron chi connectivity index (χ3n) is 2.64. The van der Waals surface area contributed by atoms with Crippen molar-refractivity contribution in [3.8, 4) is 11.3 Å². The van der Waals surface area contributed by atoms with Crippen LogP contribution < -0.4 is 5.32 Å². The van der Waals surface area contributed by atoms with Gasteiger partial charge >= 0.3 is 0 Å². The third-order valence-corrected chi connectivity index (χ3v) is 3.72. The van der Waals surface area contributed by atoms with Crippen LogP contribution in [0.2, 0.25) is 0 Å². The average molecular weight is 300 g/mol. The predicted molar refractivity (Wildman–Crippen MR) is 85.6 cm³/mol. The van der Waals surface area contributed by atoms with Crippen molar-refractivity contribution in [3.05, 3.63) is 46.9 Å². The maximum absolute atomic E-state index is 11.8. The number of hydrogen-bond donors (Lipinski definition) is 1. The van der Waals surface area contributed by atoms with E-state index in [0.29, 0.717) is 15.7 Å². The summed E-state index contributed by atoms with van der Waals surface area (Å²) in [5.41, 5.74) is 2.38. The highest BCUT2D eigenvalue weighted by Crippen LogP contribution is 2.31. The monoisotopic (exact) mass is 300 g/mol. The summed E-state index contributed by atoms with van der Waals surface area (Å²) in [6.45, 7) is 5.19. The van der Waals surface area contributed by atoms with E-state index in [9.17, 15) is 9.59 Å². The zero-order valence-electron chi connectivity index (χ0n) is 12.1. The molecule has 0 radical (unpaired) electrons. The lowest BCUT2D eigenvalue weighted by Crippen LogP contribution is -2.07. The number of nitrogens with zero attached hydrogens (tertiary/aromatic N) is 1. The van der Waals surface area contributed by atoms with Crippen molar-refractivity contribution in [1.29, 1.82) is 0 Å². The predicted octanol–water partition coefficient (Wildman–Crippen LogP) is 3.92. The van der Waals surface area contributed by atoms with Crippen LogP contribution in [0, 0.1) is 0 Å². The molecule has 2 rings (SSSR count). The molecule has 108 valence electrons. The number of carbonyl (C=O) groups excluding carboxylic acids is 2. The molecule has 2 aromatic rings. The molecular formula is C16H16N2O2S. The molecule has 0 unspecified atom stereocenters. The highest BCUT2D eigenvalue weighted by Gasteiger charge is 2.17. The van der Waals surface area contributed by atoms with Gasteiger partial charge in [-0.05, 0) is 13.8 Å². The standard InChI is InChI=1S/C16H16N2O2S/c1-10(2)9-13(20)17-16-18-14(15(21-16)11(3)19)12-7-5-4-6-8-12/h4-9H,1-3H3,(H,17,18,20). The molecule has 0 aliphatic carbocycles. The van der Waals surface area contributed by atoms with E-state index in [4.69, 9.17) is 0 Å². The summed E-state index contributed by atoms with van der Waals surface area (Å²) in [4.78, 5) is 28.4. The first kappa shape index (κ1) is 15.1. The Hall–Kier alpha value is -2.27. The number of benzene rings is 1. The largest absolute Gasteiger partial charge is 0.298 e. The van der Waals surface area contributed by atoms with Gasteiger partial charge in [-0.3, -0.25) is 14.9 Å². The summed E-state index contributed by atoms with van der Waals surface area (Å²) < 4.78 is 0. The normalized spacial score (nSPS) is 10.0. The van der Waals surface area contributed by atoms with Crippen LogP contribution in [0.1, 0.15) is 30.4 Å². The Balaban J connectivity index is 2.37. The molecule has 0 aliphatic rings. The van der Waals surface area contributed by atoms with Gasteiger partial charge in [0.2, 0.25) is 5.91 Å². The maximum Gasteiger partial charge on any atom is 0.250 e. The number of carbonyl (C=O) groups is 2. The maximum atomic E-state index is 11.8. The molecule has 1 amide bonds. The van der Waals surface area contributed by atoms with E-state index in [-0.39, 0.29) is 11.7 Å². The van der Waals surface area contributed by atoms with Crippen LogP contribution >= 0.6 is 11.3 Å². The molecule has 1 aromatic heterocycles. The summed E-state index contributed by atoms with van der Waals surface area (Å²) in [6, 6.07) is 9.47. The zero-order chi connectivity index (χ0) is 15.4. The zero-order valence-corrected chi connectivity index (χ0v) is 13.0. The van der Waals surface area contributed by atoms with Crippen LogP contribution in [0.25, 0.3) is 11.3 Å². The SMILES string of the molecule is CC(=O)c1sc(NC(=O)C=C(C)C)nc1-c1ccccc1. The van der Waals surface area contributed by atoms with Crippen molar-refractivity contribution >= 4 is 28.2 Å². The lowest BCUT2D eigenvalue weighted by Gasteiger charge is -1.98. The summed E-state index contributed by atoms with van der Waals surface area (Å²) >= 11 is 1.20. The minimum Gasteiger partial charge on any atom is -0.298 e. The molecule has 0 spiro atoms. The molecule has 0 bridgehead atoms. The minimum absolute atomic E-state index is 0.0610. The van der Waals surface area contributed by atoms with Crippen molar-refractivity contribution in [1.82, 2.24) is 4.98 Å².